The number of hydrogen-bond donors (Lipinski definition) is 2. The third kappa shape index (κ3) is 5.95. The summed E-state index contributed by atoms with van der Waals surface area (Å²) in [6, 6.07) is 9.65. The average Bonchev–Trinajstić information content (AvgIpc) is 3.55. The fourth-order valence-electron chi connectivity index (χ4n) is 3.88. The molecule has 0 aliphatic heterocycles. The van der Waals surface area contributed by atoms with Crippen molar-refractivity contribution >= 4 is 45.8 Å². The van der Waals surface area contributed by atoms with Gasteiger partial charge in [-0.1, -0.05) is 12.1 Å². The van der Waals surface area contributed by atoms with E-state index in [1.165, 1.54) is 23.7 Å². The van der Waals surface area contributed by atoms with E-state index in [-0.39, 0.29) is 18.1 Å². The molecule has 4 rings (SSSR count). The van der Waals surface area contributed by atoms with E-state index >= 15 is 0 Å². The molecule has 192 valence electrons. The first-order valence-electron chi connectivity index (χ1n) is 11.7. The molecule has 0 radical (unpaired) electrons. The van der Waals surface area contributed by atoms with Crippen molar-refractivity contribution in [3.05, 3.63) is 70.0 Å². The van der Waals surface area contributed by atoms with Crippen LogP contribution in [-0.4, -0.2) is 36.1 Å². The number of carbonyl (C=O) groups excluding carboxylic acids is 4. The molecule has 0 saturated heterocycles. The van der Waals surface area contributed by atoms with Gasteiger partial charge in [0.1, 0.15) is 10.8 Å². The second-order valence-electron chi connectivity index (χ2n) is 8.09. The SMILES string of the molecule is CCOC(=O)c1c(NC(=O)C(=O)N/N=C(\C)c2ccccc2OC(=O)c2ccco2)sc2c1CCCC2. The zero-order valence-corrected chi connectivity index (χ0v) is 21.1. The average molecular weight is 524 g/mol. The number of nitrogens with zero attached hydrogens (tertiary/aromatic N) is 1. The summed E-state index contributed by atoms with van der Waals surface area (Å²) in [5.41, 5.74) is 4.12. The van der Waals surface area contributed by atoms with E-state index in [2.05, 4.69) is 15.8 Å². The lowest BCUT2D eigenvalue weighted by Crippen LogP contribution is -2.33. The Hall–Kier alpha value is -4.25. The monoisotopic (exact) mass is 523 g/mol. The third-order valence-electron chi connectivity index (χ3n) is 5.61. The number of hydrogen-bond acceptors (Lipinski definition) is 9. The molecule has 1 aromatic carbocycles. The Bertz CT molecular complexity index is 1360. The number of carbonyl (C=O) groups is 4. The summed E-state index contributed by atoms with van der Waals surface area (Å²) in [5, 5.41) is 6.83. The molecule has 0 atom stereocenters. The number of fused-ring (bicyclic) bond motifs is 1. The quantitative estimate of drug-likeness (QED) is 0.156. The minimum Gasteiger partial charge on any atom is -0.462 e. The van der Waals surface area contributed by atoms with Crippen LogP contribution in [0.2, 0.25) is 0 Å². The van der Waals surface area contributed by atoms with Gasteiger partial charge in [0, 0.05) is 10.4 Å². The van der Waals surface area contributed by atoms with Crippen molar-refractivity contribution in [3.63, 3.8) is 0 Å². The summed E-state index contributed by atoms with van der Waals surface area (Å²) in [5.74, 6) is -2.97. The predicted octanol–water partition coefficient (Wildman–Crippen LogP) is 4.09. The number of hydrazone groups is 1. The minimum atomic E-state index is -1.02. The van der Waals surface area contributed by atoms with Gasteiger partial charge in [-0.2, -0.15) is 5.10 Å². The number of furan rings is 1. The van der Waals surface area contributed by atoms with E-state index in [1.807, 2.05) is 0 Å². The second kappa shape index (κ2) is 11.7. The number of rotatable bonds is 7. The summed E-state index contributed by atoms with van der Waals surface area (Å²) < 4.78 is 15.6. The lowest BCUT2D eigenvalue weighted by atomic mass is 9.95. The first kappa shape index (κ1) is 25.8. The van der Waals surface area contributed by atoms with Crippen LogP contribution in [0.1, 0.15) is 63.6 Å². The predicted molar refractivity (Wildman–Crippen MR) is 136 cm³/mol. The van der Waals surface area contributed by atoms with E-state index in [0.29, 0.717) is 21.8 Å². The van der Waals surface area contributed by atoms with Gasteiger partial charge in [0.15, 0.2) is 0 Å². The maximum absolute atomic E-state index is 12.6. The molecule has 2 amide bonds. The van der Waals surface area contributed by atoms with Crippen LogP contribution in [0.4, 0.5) is 5.00 Å². The number of aryl methyl sites for hydroxylation is 1. The number of benzene rings is 1. The Kier molecular flexibility index (Phi) is 8.14. The molecule has 10 nitrogen and oxygen atoms in total. The van der Waals surface area contributed by atoms with E-state index in [4.69, 9.17) is 13.9 Å². The molecule has 0 spiro atoms. The molecule has 1 aliphatic carbocycles. The number of para-hydroxylation sites is 1. The Balaban J connectivity index is 1.46. The molecule has 2 N–H and O–H groups in total. The smallest absolute Gasteiger partial charge is 0.379 e. The van der Waals surface area contributed by atoms with Crippen LogP contribution in [-0.2, 0) is 27.2 Å². The summed E-state index contributed by atoms with van der Waals surface area (Å²) in [4.78, 5) is 51.0. The van der Waals surface area contributed by atoms with Crippen molar-refractivity contribution < 1.29 is 33.1 Å². The molecule has 0 fully saturated rings. The number of thiophene rings is 1. The summed E-state index contributed by atoms with van der Waals surface area (Å²) >= 11 is 1.28. The van der Waals surface area contributed by atoms with Gasteiger partial charge >= 0.3 is 23.8 Å². The molecular formula is C26H25N3O7S. The zero-order chi connectivity index (χ0) is 26.4. The van der Waals surface area contributed by atoms with Crippen molar-refractivity contribution in [2.45, 2.75) is 39.5 Å². The number of esters is 2. The highest BCUT2D eigenvalue weighted by Gasteiger charge is 2.28. The molecule has 37 heavy (non-hydrogen) atoms. The normalized spacial score (nSPS) is 12.9. The molecule has 11 heteroatoms. The first-order chi connectivity index (χ1) is 17.9. The Morgan fingerprint density at radius 1 is 1.03 bits per heavy atom. The van der Waals surface area contributed by atoms with Crippen LogP contribution in [0.25, 0.3) is 0 Å². The maximum atomic E-state index is 12.6. The molecule has 0 unspecified atom stereocenters. The standard InChI is InChI=1S/C26H25N3O7S/c1-3-34-26(33)21-17-10-5-7-13-20(17)37-24(21)27-22(30)23(31)29-28-15(2)16-9-4-6-11-18(16)36-25(32)19-12-8-14-35-19/h4,6,8-9,11-12,14H,3,5,7,10,13H2,1-2H3,(H,27,30)(H,29,31)/b28-15+. The van der Waals surface area contributed by atoms with Gasteiger partial charge < -0.3 is 19.2 Å². The first-order valence-corrected chi connectivity index (χ1v) is 12.5. The van der Waals surface area contributed by atoms with E-state index in [0.717, 1.165) is 36.1 Å². The fraction of sp³-hybridized carbons (Fsp3) is 0.269. The van der Waals surface area contributed by atoms with Crippen LogP contribution in [0, 0.1) is 0 Å². The third-order valence-corrected chi connectivity index (χ3v) is 6.82. The molecule has 0 bridgehead atoms. The van der Waals surface area contributed by atoms with Crippen molar-refractivity contribution in [2.24, 2.45) is 5.10 Å². The van der Waals surface area contributed by atoms with Crippen LogP contribution in [0.3, 0.4) is 0 Å². The van der Waals surface area contributed by atoms with Crippen LogP contribution in [0.5, 0.6) is 5.75 Å². The minimum absolute atomic E-state index is 0.0341. The van der Waals surface area contributed by atoms with Crippen LogP contribution < -0.4 is 15.5 Å². The van der Waals surface area contributed by atoms with Crippen molar-refractivity contribution in [1.82, 2.24) is 5.43 Å². The lowest BCUT2D eigenvalue weighted by Gasteiger charge is -2.12. The van der Waals surface area contributed by atoms with Crippen molar-refractivity contribution in [1.29, 1.82) is 0 Å². The van der Waals surface area contributed by atoms with E-state index in [1.54, 1.807) is 44.2 Å². The summed E-state index contributed by atoms with van der Waals surface area (Å²) in [7, 11) is 0. The van der Waals surface area contributed by atoms with Gasteiger partial charge in [-0.3, -0.25) is 9.59 Å². The number of nitrogens with one attached hydrogen (secondary N) is 2. The molecule has 3 aromatic rings. The summed E-state index contributed by atoms with van der Waals surface area (Å²) in [6.45, 7) is 3.49. The van der Waals surface area contributed by atoms with Crippen LogP contribution in [0.15, 0.2) is 52.2 Å². The van der Waals surface area contributed by atoms with Gasteiger partial charge in [-0.25, -0.2) is 15.0 Å². The van der Waals surface area contributed by atoms with E-state index < -0.39 is 23.8 Å². The lowest BCUT2D eigenvalue weighted by molar-refractivity contribution is -0.136. The summed E-state index contributed by atoms with van der Waals surface area (Å²) in [6.07, 6.45) is 4.82. The van der Waals surface area contributed by atoms with Gasteiger partial charge in [0.05, 0.1) is 24.1 Å². The zero-order valence-electron chi connectivity index (χ0n) is 20.3. The molecule has 1 aliphatic rings. The number of amides is 2. The van der Waals surface area contributed by atoms with Gasteiger partial charge in [-0.15, -0.1) is 11.3 Å². The molecule has 2 aromatic heterocycles. The molecular weight excluding hydrogens is 498 g/mol. The highest BCUT2D eigenvalue weighted by Crippen LogP contribution is 2.38. The Morgan fingerprint density at radius 3 is 2.57 bits per heavy atom. The topological polar surface area (TPSA) is 136 Å². The Morgan fingerprint density at radius 2 is 1.81 bits per heavy atom. The second-order valence-corrected chi connectivity index (χ2v) is 9.20. The Labute approximate surface area is 216 Å². The number of ether oxygens (including phenoxy) is 2. The van der Waals surface area contributed by atoms with Crippen molar-refractivity contribution in [3.8, 4) is 5.75 Å². The molecule has 0 saturated carbocycles. The van der Waals surface area contributed by atoms with Gasteiger partial charge in [-0.05, 0) is 69.4 Å². The highest BCUT2D eigenvalue weighted by atomic mass is 32.1. The van der Waals surface area contributed by atoms with E-state index in [9.17, 15) is 19.2 Å². The fourth-order valence-corrected chi connectivity index (χ4v) is 5.15. The maximum Gasteiger partial charge on any atom is 0.379 e. The largest absolute Gasteiger partial charge is 0.462 e. The highest BCUT2D eigenvalue weighted by molar-refractivity contribution is 7.17. The van der Waals surface area contributed by atoms with Gasteiger partial charge in [0.2, 0.25) is 5.76 Å². The number of anilines is 1. The van der Waals surface area contributed by atoms with Crippen LogP contribution >= 0.6 is 11.3 Å². The van der Waals surface area contributed by atoms with Crippen molar-refractivity contribution in [2.75, 3.05) is 11.9 Å². The van der Waals surface area contributed by atoms with Gasteiger partial charge in [0.25, 0.3) is 0 Å². The molecule has 2 heterocycles.